The van der Waals surface area contributed by atoms with Gasteiger partial charge in [0.25, 0.3) is 0 Å². The predicted octanol–water partition coefficient (Wildman–Crippen LogP) is 21.5. The van der Waals surface area contributed by atoms with Gasteiger partial charge in [-0.05, 0) is 72.5 Å². The Kier molecular flexibility index (Phi) is 15.7. The van der Waals surface area contributed by atoms with Crippen molar-refractivity contribution in [1.82, 2.24) is 0 Å². The number of halogens is 17. The van der Waals surface area contributed by atoms with Crippen LogP contribution in [0.4, 0.5) is 74.6 Å². The zero-order valence-corrected chi connectivity index (χ0v) is 42.7. The van der Waals surface area contributed by atoms with E-state index in [0.29, 0.717) is 16.7 Å². The quantitative estimate of drug-likeness (QED) is 0.0594. The molecule has 7 aromatic rings. The van der Waals surface area contributed by atoms with Gasteiger partial charge in [0.1, 0.15) is 0 Å². The fourth-order valence-electron chi connectivity index (χ4n) is 8.50. The van der Waals surface area contributed by atoms with Gasteiger partial charge in [0, 0.05) is 66.5 Å². The fraction of sp³-hybridized carbons (Fsp3) is 0.500. The van der Waals surface area contributed by atoms with Gasteiger partial charge in [-0.2, -0.15) is 74.6 Å². The van der Waals surface area contributed by atoms with E-state index in [1.807, 2.05) is 23.6 Å². The van der Waals surface area contributed by atoms with Crippen LogP contribution >= 0.6 is 68.0 Å². The Labute approximate surface area is 420 Å². The third kappa shape index (κ3) is 9.25. The van der Waals surface area contributed by atoms with Gasteiger partial charge in [0.2, 0.25) is 0 Å². The summed E-state index contributed by atoms with van der Waals surface area (Å²) in [7, 11) is 0. The Hall–Kier alpha value is -2.99. The molecular weight excluding hydrogens is 1090 g/mol. The normalized spacial score (nSPS) is 15.0. The molecule has 6 heterocycles. The van der Waals surface area contributed by atoms with Gasteiger partial charge >= 0.3 is 47.6 Å². The summed E-state index contributed by atoms with van der Waals surface area (Å²) in [5.41, 5.74) is 1.72. The van der Waals surface area contributed by atoms with Gasteiger partial charge < -0.3 is 0 Å². The van der Waals surface area contributed by atoms with Crippen molar-refractivity contribution in [3.8, 4) is 30.6 Å². The topological polar surface area (TPSA) is 0 Å². The second-order valence-electron chi connectivity index (χ2n) is 17.5. The molecule has 0 N–H and O–H groups in total. The largest absolute Gasteiger partial charge is 0.460 e. The molecule has 0 radical (unpaired) electrons. The van der Waals surface area contributed by atoms with E-state index in [1.54, 1.807) is 28.7 Å². The smallest absolute Gasteiger partial charge is 0.193 e. The molecule has 0 spiro atoms. The van der Waals surface area contributed by atoms with Crippen LogP contribution in [0.2, 0.25) is 0 Å². The molecule has 2 unspecified atom stereocenters. The van der Waals surface area contributed by atoms with Crippen LogP contribution in [0.25, 0.3) is 60.9 Å². The van der Waals surface area contributed by atoms with Crippen LogP contribution in [0.15, 0.2) is 53.2 Å². The van der Waals surface area contributed by atoms with Crippen LogP contribution in [0.5, 0.6) is 0 Å². The molecule has 0 saturated heterocycles. The summed E-state index contributed by atoms with van der Waals surface area (Å²) >= 11 is 6.53. The maximum atomic E-state index is 15.7. The summed E-state index contributed by atoms with van der Waals surface area (Å²) in [6.07, 6.45) is 2.24. The molecular formula is C48H43F17S6. The zero-order valence-electron chi connectivity index (χ0n) is 37.8. The van der Waals surface area contributed by atoms with Crippen LogP contribution in [0, 0.1) is 11.8 Å². The molecule has 0 bridgehead atoms. The Morgan fingerprint density at radius 1 is 0.465 bits per heavy atom. The summed E-state index contributed by atoms with van der Waals surface area (Å²) in [5.74, 6) is -56.0. The van der Waals surface area contributed by atoms with Crippen LogP contribution in [0.1, 0.15) is 93.7 Å². The minimum atomic E-state index is -8.69. The lowest BCUT2D eigenvalue weighted by Crippen LogP contribution is -2.74. The number of hydrogen-bond donors (Lipinski definition) is 0. The molecule has 2 atom stereocenters. The molecule has 7 rings (SSSR count). The van der Waals surface area contributed by atoms with Gasteiger partial charge in [0.15, 0.2) is 0 Å². The summed E-state index contributed by atoms with van der Waals surface area (Å²) in [6.45, 7) is 8.54. The van der Waals surface area contributed by atoms with Crippen molar-refractivity contribution >= 4 is 98.3 Å². The SMILES string of the molecule is CCCCC(CC)Cc1ccc(-c2c3cc(-c4scc5cc(C(F)(F)C(F)(F)C(F)(F)C(F)(F)C(F)(F)C(F)(F)C(F)(F)C(F)(F)F)sc45)sc3c(-c3ccc(CC(CC)CCCC)s3)c3ccsc23)s1. The van der Waals surface area contributed by atoms with Gasteiger partial charge in [0.05, 0.1) is 14.5 Å². The van der Waals surface area contributed by atoms with Crippen molar-refractivity contribution < 1.29 is 74.6 Å². The van der Waals surface area contributed by atoms with Gasteiger partial charge in [-0.1, -0.05) is 79.1 Å². The van der Waals surface area contributed by atoms with Crippen molar-refractivity contribution in [3.63, 3.8) is 0 Å². The Bertz CT molecular complexity index is 2850. The zero-order chi connectivity index (χ0) is 52.5. The molecule has 0 aliphatic carbocycles. The first-order valence-electron chi connectivity index (χ1n) is 22.3. The molecule has 0 aliphatic rings. The maximum Gasteiger partial charge on any atom is 0.460 e. The fourth-order valence-corrected chi connectivity index (χ4v) is 15.8. The molecule has 0 fully saturated rings. The standard InChI is InChI=1S/C48H43F17S6/c1-5-9-11-24(7-3)19-27-13-15-31(68-27)35-29-17-18-66-38(29)36(32-16-14-28(69-32)20-25(8-4)12-10-6-2)30-22-33(70-39(30)35)40-37-26(23-67-40)21-34(71-37)41(49,50)42(51,52)43(53,54)44(55,56)45(57,58)46(59,60)47(61,62)48(63,64)65/h13-18,21-25H,5-12,19-20H2,1-4H3. The average Bonchev–Trinajstić information content (AvgIpc) is 4.16. The van der Waals surface area contributed by atoms with E-state index < -0.39 is 52.5 Å². The van der Waals surface area contributed by atoms with Crippen molar-refractivity contribution in [1.29, 1.82) is 0 Å². The molecule has 0 aliphatic heterocycles. The Morgan fingerprint density at radius 2 is 0.958 bits per heavy atom. The first-order valence-corrected chi connectivity index (χ1v) is 27.4. The average molecular weight is 1140 g/mol. The third-order valence-corrected chi connectivity index (χ3v) is 19.7. The van der Waals surface area contributed by atoms with Crippen molar-refractivity contribution in [3.05, 3.63) is 67.9 Å². The number of benzene rings is 1. The number of hydrogen-bond acceptors (Lipinski definition) is 6. The Morgan fingerprint density at radius 3 is 1.45 bits per heavy atom. The summed E-state index contributed by atoms with van der Waals surface area (Å²) in [4.78, 5) is 2.50. The predicted molar refractivity (Wildman–Crippen MR) is 256 cm³/mol. The van der Waals surface area contributed by atoms with E-state index in [1.165, 1.54) is 22.7 Å². The highest BCUT2D eigenvalue weighted by molar-refractivity contribution is 7.31. The molecule has 0 nitrogen and oxygen atoms in total. The summed E-state index contributed by atoms with van der Waals surface area (Å²) < 4.78 is 244. The van der Waals surface area contributed by atoms with Crippen molar-refractivity contribution in [2.45, 2.75) is 140 Å². The molecule has 0 amide bonds. The van der Waals surface area contributed by atoms with Crippen molar-refractivity contribution in [2.75, 3.05) is 0 Å². The molecule has 0 saturated carbocycles. The minimum Gasteiger partial charge on any atom is -0.193 e. The number of rotatable bonds is 22. The van der Waals surface area contributed by atoms with Gasteiger partial charge in [-0.15, -0.1) is 68.0 Å². The minimum absolute atomic E-state index is 0.122. The number of thiophene rings is 6. The number of alkyl halides is 17. The van der Waals surface area contributed by atoms with Gasteiger partial charge in [-0.25, -0.2) is 0 Å². The van der Waals surface area contributed by atoms with E-state index in [4.69, 9.17) is 0 Å². The highest BCUT2D eigenvalue weighted by atomic mass is 32.1. The first kappa shape index (κ1) is 55.8. The lowest BCUT2D eigenvalue weighted by atomic mass is 9.88. The highest BCUT2D eigenvalue weighted by Crippen LogP contribution is 2.66. The molecule has 23 heteroatoms. The first-order chi connectivity index (χ1) is 33.0. The van der Waals surface area contributed by atoms with E-state index in [9.17, 15) is 57.1 Å². The number of fused-ring (bicyclic) bond motifs is 3. The van der Waals surface area contributed by atoms with Crippen molar-refractivity contribution in [2.24, 2.45) is 11.8 Å². The lowest BCUT2D eigenvalue weighted by molar-refractivity contribution is -0.462. The second-order valence-corrected chi connectivity index (χ2v) is 23.8. The molecule has 390 valence electrons. The monoisotopic (exact) mass is 1130 g/mol. The van der Waals surface area contributed by atoms with E-state index in [2.05, 4.69) is 39.8 Å². The van der Waals surface area contributed by atoms with E-state index in [0.717, 1.165) is 132 Å². The summed E-state index contributed by atoms with van der Waals surface area (Å²) in [6, 6.07) is 12.1. The van der Waals surface area contributed by atoms with Crippen LogP contribution in [-0.4, -0.2) is 41.7 Å². The Balaban J connectivity index is 1.35. The highest BCUT2D eigenvalue weighted by Gasteiger charge is 2.95. The van der Waals surface area contributed by atoms with E-state index in [-0.39, 0.29) is 32.4 Å². The molecule has 71 heavy (non-hydrogen) atoms. The lowest BCUT2D eigenvalue weighted by Gasteiger charge is -2.42. The third-order valence-electron chi connectivity index (χ3n) is 12.8. The summed E-state index contributed by atoms with van der Waals surface area (Å²) in [5, 5.41) is 4.44. The van der Waals surface area contributed by atoms with Gasteiger partial charge in [-0.3, -0.25) is 0 Å². The van der Waals surface area contributed by atoms with Crippen LogP contribution in [0.3, 0.4) is 0 Å². The number of unbranched alkanes of at least 4 members (excludes halogenated alkanes) is 2. The maximum absolute atomic E-state index is 15.7. The second kappa shape index (κ2) is 19.9. The van der Waals surface area contributed by atoms with Crippen LogP contribution in [-0.2, 0) is 18.8 Å². The van der Waals surface area contributed by atoms with Crippen LogP contribution < -0.4 is 0 Å². The molecule has 6 aromatic heterocycles. The van der Waals surface area contributed by atoms with E-state index >= 15 is 17.6 Å². The molecule has 1 aromatic carbocycles.